The van der Waals surface area contributed by atoms with Gasteiger partial charge in [0.25, 0.3) is 5.91 Å². The van der Waals surface area contributed by atoms with E-state index in [0.717, 1.165) is 36.8 Å². The molecule has 1 aliphatic heterocycles. The molecule has 2 aliphatic rings. The second-order valence-corrected chi connectivity index (χ2v) is 11.1. The third-order valence-electron chi connectivity index (χ3n) is 5.56. The fourth-order valence-electron chi connectivity index (χ4n) is 3.60. The fourth-order valence-corrected chi connectivity index (χ4v) is 6.09. The Balaban J connectivity index is 1.29. The zero-order chi connectivity index (χ0) is 22.3. The maximum Gasteiger partial charge on any atom is 0.275 e. The molecule has 11 heteroatoms. The Morgan fingerprint density at radius 1 is 1.09 bits per heavy atom. The average Bonchev–Trinajstić information content (AvgIpc) is 3.60. The van der Waals surface area contributed by atoms with Gasteiger partial charge in [-0.05, 0) is 37.1 Å². The van der Waals surface area contributed by atoms with Gasteiger partial charge in [-0.15, -0.1) is 0 Å². The second-order valence-electron chi connectivity index (χ2n) is 7.85. The Hall–Kier alpha value is -2.89. The number of hydrogen-bond donors (Lipinski definition) is 3. The largest absolute Gasteiger partial charge is 0.354 e. The van der Waals surface area contributed by atoms with Crippen LogP contribution in [0.3, 0.4) is 0 Å². The number of nitrogens with one attached hydrogen (secondary N) is 3. The minimum absolute atomic E-state index is 0.231. The van der Waals surface area contributed by atoms with Gasteiger partial charge in [0.15, 0.2) is 15.0 Å². The van der Waals surface area contributed by atoms with Crippen molar-refractivity contribution in [2.45, 2.75) is 23.0 Å². The summed E-state index contributed by atoms with van der Waals surface area (Å²) < 4.78 is 24.6. The van der Waals surface area contributed by atoms with Crippen LogP contribution in [0.1, 0.15) is 18.4 Å². The summed E-state index contributed by atoms with van der Waals surface area (Å²) in [5, 5.41) is 14.2. The molecule has 0 bridgehead atoms. The van der Waals surface area contributed by atoms with E-state index in [0.29, 0.717) is 29.1 Å². The number of anilines is 2. The minimum Gasteiger partial charge on any atom is -0.354 e. The molecule has 0 radical (unpaired) electrons. The van der Waals surface area contributed by atoms with E-state index < -0.39 is 15.7 Å². The van der Waals surface area contributed by atoms with E-state index in [1.807, 2.05) is 12.1 Å². The number of carbonyl (C=O) groups is 1. The van der Waals surface area contributed by atoms with Crippen LogP contribution < -0.4 is 15.5 Å². The summed E-state index contributed by atoms with van der Waals surface area (Å²) >= 11 is 1.26. The Labute approximate surface area is 189 Å². The van der Waals surface area contributed by atoms with Crippen LogP contribution in [0.2, 0.25) is 0 Å². The normalized spacial score (nSPS) is 16.8. The van der Waals surface area contributed by atoms with Crippen molar-refractivity contribution in [3.05, 3.63) is 42.0 Å². The molecule has 1 saturated carbocycles. The van der Waals surface area contributed by atoms with Crippen LogP contribution in [0, 0.1) is 5.41 Å². The molecule has 3 N–H and O–H groups in total. The number of rotatable bonds is 6. The number of hydrogen-bond acceptors (Lipinski definition) is 9. The summed E-state index contributed by atoms with van der Waals surface area (Å²) in [6, 6.07) is 9.73. The summed E-state index contributed by atoms with van der Waals surface area (Å²) in [5.41, 5.74) is 0.775. The Morgan fingerprint density at radius 2 is 1.81 bits per heavy atom. The van der Waals surface area contributed by atoms with Crippen molar-refractivity contribution in [3.8, 4) is 0 Å². The Kier molecular flexibility index (Phi) is 5.39. The van der Waals surface area contributed by atoms with E-state index in [-0.39, 0.29) is 15.9 Å². The summed E-state index contributed by atoms with van der Waals surface area (Å²) in [4.78, 5) is 24.8. The van der Waals surface area contributed by atoms with Crippen LogP contribution in [0.5, 0.6) is 0 Å². The quantitative estimate of drug-likeness (QED) is 0.470. The second kappa shape index (κ2) is 8.23. The Bertz CT molecular complexity index is 1290. The number of amides is 1. The molecule has 0 atom stereocenters. The number of carbonyl (C=O) groups excluding carboxylic acids is 1. The monoisotopic (exact) mass is 470 g/mol. The molecule has 1 aliphatic carbocycles. The molecule has 3 heterocycles. The number of piperazine rings is 1. The first-order valence-corrected chi connectivity index (χ1v) is 12.8. The van der Waals surface area contributed by atoms with Crippen molar-refractivity contribution in [1.82, 2.24) is 15.3 Å². The molecule has 166 valence electrons. The summed E-state index contributed by atoms with van der Waals surface area (Å²) in [7, 11) is -3.30. The standard InChI is InChI=1S/C21H22N6O3S2/c22-18(13-1-3-14(4-2-13)32(29,30)15-5-6-15)19(28)26-21-24-16-7-8-17(25-20(16)31-21)27-11-9-23-10-12-27/h1-4,7-8,15,22-23H,5-6,9-12H2,(H,24,26,28). The number of fused-ring (bicyclic) bond motifs is 1. The van der Waals surface area contributed by atoms with Gasteiger partial charge in [0.2, 0.25) is 0 Å². The highest BCUT2D eigenvalue weighted by atomic mass is 32.2. The van der Waals surface area contributed by atoms with Gasteiger partial charge in [-0.25, -0.2) is 18.4 Å². The number of thiazole rings is 1. The number of pyridine rings is 1. The highest BCUT2D eigenvalue weighted by Crippen LogP contribution is 2.33. The van der Waals surface area contributed by atoms with Crippen LogP contribution in [-0.2, 0) is 14.6 Å². The van der Waals surface area contributed by atoms with Gasteiger partial charge in [-0.1, -0.05) is 23.5 Å². The SMILES string of the molecule is N=C(C(=O)Nc1nc2ccc(N3CCNCC3)nc2s1)c1ccc(S(=O)(=O)C2CC2)cc1. The van der Waals surface area contributed by atoms with Crippen molar-refractivity contribution in [2.24, 2.45) is 0 Å². The molecular weight excluding hydrogens is 448 g/mol. The number of benzene rings is 1. The molecule has 9 nitrogen and oxygen atoms in total. The summed E-state index contributed by atoms with van der Waals surface area (Å²) in [5.74, 6) is 0.277. The van der Waals surface area contributed by atoms with Gasteiger partial charge < -0.3 is 10.2 Å². The van der Waals surface area contributed by atoms with Gasteiger partial charge in [0.1, 0.15) is 21.9 Å². The van der Waals surface area contributed by atoms with E-state index in [9.17, 15) is 13.2 Å². The summed E-state index contributed by atoms with van der Waals surface area (Å²) in [6.07, 6.45) is 1.38. The van der Waals surface area contributed by atoms with Gasteiger partial charge >= 0.3 is 0 Å². The van der Waals surface area contributed by atoms with E-state index in [2.05, 4.69) is 25.5 Å². The van der Waals surface area contributed by atoms with Gasteiger partial charge in [0, 0.05) is 31.7 Å². The molecule has 2 fully saturated rings. The van der Waals surface area contributed by atoms with Crippen LogP contribution in [0.25, 0.3) is 10.3 Å². The lowest BCUT2D eigenvalue weighted by molar-refractivity contribution is -0.110. The zero-order valence-electron chi connectivity index (χ0n) is 17.2. The average molecular weight is 471 g/mol. The molecule has 1 aromatic carbocycles. The molecule has 1 saturated heterocycles. The van der Waals surface area contributed by atoms with Crippen LogP contribution in [0.15, 0.2) is 41.3 Å². The number of nitrogens with zero attached hydrogens (tertiary/aromatic N) is 3. The van der Waals surface area contributed by atoms with Crippen molar-refractivity contribution in [3.63, 3.8) is 0 Å². The van der Waals surface area contributed by atoms with E-state index in [4.69, 9.17) is 5.41 Å². The van der Waals surface area contributed by atoms with E-state index in [1.54, 1.807) is 0 Å². The van der Waals surface area contributed by atoms with Crippen LogP contribution >= 0.6 is 11.3 Å². The lowest BCUT2D eigenvalue weighted by atomic mass is 10.1. The first-order chi connectivity index (χ1) is 15.4. The molecular formula is C21H22N6O3S2. The highest BCUT2D eigenvalue weighted by Gasteiger charge is 2.36. The van der Waals surface area contributed by atoms with Crippen molar-refractivity contribution < 1.29 is 13.2 Å². The molecule has 2 aromatic heterocycles. The first-order valence-electron chi connectivity index (χ1n) is 10.4. The lowest BCUT2D eigenvalue weighted by Crippen LogP contribution is -2.43. The topological polar surface area (TPSA) is 128 Å². The Morgan fingerprint density at radius 3 is 2.50 bits per heavy atom. The van der Waals surface area contributed by atoms with Gasteiger partial charge in [-0.3, -0.25) is 15.5 Å². The molecule has 0 spiro atoms. The third-order valence-corrected chi connectivity index (χ3v) is 8.72. The highest BCUT2D eigenvalue weighted by molar-refractivity contribution is 7.92. The van der Waals surface area contributed by atoms with Gasteiger partial charge in [0.05, 0.1) is 10.1 Å². The zero-order valence-corrected chi connectivity index (χ0v) is 18.8. The van der Waals surface area contributed by atoms with Crippen LogP contribution in [-0.4, -0.2) is 61.4 Å². The van der Waals surface area contributed by atoms with Crippen LogP contribution in [0.4, 0.5) is 10.9 Å². The van der Waals surface area contributed by atoms with Crippen molar-refractivity contribution in [1.29, 1.82) is 5.41 Å². The predicted octanol–water partition coefficient (Wildman–Crippen LogP) is 2.04. The third kappa shape index (κ3) is 4.10. The summed E-state index contributed by atoms with van der Waals surface area (Å²) in [6.45, 7) is 3.61. The molecule has 0 unspecified atom stereocenters. The number of aromatic nitrogens is 2. The minimum atomic E-state index is -3.30. The predicted molar refractivity (Wildman–Crippen MR) is 125 cm³/mol. The molecule has 3 aromatic rings. The first kappa shape index (κ1) is 21.0. The maximum atomic E-state index is 12.6. The molecule has 1 amide bonds. The number of sulfone groups is 1. The maximum absolute atomic E-state index is 12.6. The fraction of sp³-hybridized carbons (Fsp3) is 0.333. The molecule has 32 heavy (non-hydrogen) atoms. The molecule has 5 rings (SSSR count). The lowest BCUT2D eigenvalue weighted by Gasteiger charge is -2.28. The van der Waals surface area contributed by atoms with Crippen molar-refractivity contribution in [2.75, 3.05) is 36.4 Å². The smallest absolute Gasteiger partial charge is 0.275 e. The van der Waals surface area contributed by atoms with E-state index in [1.165, 1.54) is 35.6 Å². The van der Waals surface area contributed by atoms with E-state index >= 15 is 0 Å². The van der Waals surface area contributed by atoms with Gasteiger partial charge in [-0.2, -0.15) is 0 Å². The van der Waals surface area contributed by atoms with Crippen molar-refractivity contribution >= 4 is 54.1 Å².